The van der Waals surface area contributed by atoms with E-state index in [4.69, 9.17) is 5.11 Å². The second-order valence-corrected chi connectivity index (χ2v) is 4.39. The summed E-state index contributed by atoms with van der Waals surface area (Å²) in [7, 11) is 0. The number of aromatic nitrogens is 2. The van der Waals surface area contributed by atoms with Gasteiger partial charge in [0.05, 0.1) is 11.9 Å². The Balaban J connectivity index is 2.08. The first-order valence-corrected chi connectivity index (χ1v) is 5.98. The highest BCUT2D eigenvalue weighted by Gasteiger charge is 2.10. The van der Waals surface area contributed by atoms with Crippen LogP contribution >= 0.6 is 0 Å². The van der Waals surface area contributed by atoms with Gasteiger partial charge in [-0.05, 0) is 30.0 Å². The van der Waals surface area contributed by atoms with Gasteiger partial charge >= 0.3 is 5.97 Å². The van der Waals surface area contributed by atoms with Crippen molar-refractivity contribution in [3.05, 3.63) is 48.3 Å². The Hall–Kier alpha value is -2.10. The minimum atomic E-state index is -0.752. The van der Waals surface area contributed by atoms with E-state index < -0.39 is 5.97 Å². The Kier molecular flexibility index (Phi) is 3.77. The van der Waals surface area contributed by atoms with E-state index >= 15 is 0 Å². The van der Waals surface area contributed by atoms with E-state index in [1.54, 1.807) is 6.20 Å². The first kappa shape index (κ1) is 12.4. The largest absolute Gasteiger partial charge is 0.481 e. The third-order valence-corrected chi connectivity index (χ3v) is 2.98. The molecule has 1 aromatic heterocycles. The molecule has 1 heterocycles. The first-order valence-electron chi connectivity index (χ1n) is 5.98. The van der Waals surface area contributed by atoms with Crippen LogP contribution < -0.4 is 0 Å². The summed E-state index contributed by atoms with van der Waals surface area (Å²) in [6.07, 6.45) is 4.59. The van der Waals surface area contributed by atoms with Crippen LogP contribution in [0.4, 0.5) is 0 Å². The Bertz CT molecular complexity index is 520. The quantitative estimate of drug-likeness (QED) is 0.879. The topological polar surface area (TPSA) is 55.1 Å². The molecule has 0 radical (unpaired) electrons. The van der Waals surface area contributed by atoms with Gasteiger partial charge in [0.15, 0.2) is 0 Å². The number of rotatable bonds is 5. The summed E-state index contributed by atoms with van der Waals surface area (Å²) in [5.74, 6) is -0.545. The van der Waals surface area contributed by atoms with Crippen molar-refractivity contribution in [1.82, 2.24) is 9.78 Å². The van der Waals surface area contributed by atoms with Gasteiger partial charge in [0.25, 0.3) is 0 Å². The van der Waals surface area contributed by atoms with Gasteiger partial charge in [0, 0.05) is 12.6 Å². The van der Waals surface area contributed by atoms with Crippen molar-refractivity contribution in [3.8, 4) is 5.69 Å². The predicted octanol–water partition coefficient (Wildman–Crippen LogP) is 2.84. The summed E-state index contributed by atoms with van der Waals surface area (Å²) in [6.45, 7) is 2.02. The van der Waals surface area contributed by atoms with Crippen LogP contribution in [0, 0.1) is 0 Å². The lowest BCUT2D eigenvalue weighted by molar-refractivity contribution is -0.137. The molecule has 0 aliphatic carbocycles. The van der Waals surface area contributed by atoms with E-state index in [1.165, 1.54) is 0 Å². The van der Waals surface area contributed by atoms with E-state index in [9.17, 15) is 4.79 Å². The van der Waals surface area contributed by atoms with Crippen molar-refractivity contribution in [2.24, 2.45) is 0 Å². The molecule has 1 N–H and O–H groups in total. The number of hydrogen-bond donors (Lipinski definition) is 1. The number of aliphatic carboxylic acids is 1. The Morgan fingerprint density at radius 3 is 2.78 bits per heavy atom. The monoisotopic (exact) mass is 244 g/mol. The molecule has 1 atom stereocenters. The van der Waals surface area contributed by atoms with Crippen LogP contribution in [-0.4, -0.2) is 20.9 Å². The van der Waals surface area contributed by atoms with E-state index in [1.807, 2.05) is 48.1 Å². The number of carbonyl (C=O) groups is 1. The zero-order valence-corrected chi connectivity index (χ0v) is 10.3. The van der Waals surface area contributed by atoms with Gasteiger partial charge in [-0.2, -0.15) is 5.10 Å². The van der Waals surface area contributed by atoms with E-state index in [0.717, 1.165) is 11.3 Å². The molecule has 0 bridgehead atoms. The molecule has 0 saturated heterocycles. The molecule has 2 rings (SSSR count). The van der Waals surface area contributed by atoms with Crippen LogP contribution in [0.1, 0.15) is 31.2 Å². The molecule has 0 fully saturated rings. The molecule has 0 amide bonds. The van der Waals surface area contributed by atoms with Gasteiger partial charge < -0.3 is 5.11 Å². The number of carboxylic acids is 1. The number of benzene rings is 1. The van der Waals surface area contributed by atoms with Crippen molar-refractivity contribution in [2.45, 2.75) is 25.7 Å². The maximum atomic E-state index is 10.5. The smallest absolute Gasteiger partial charge is 0.303 e. The van der Waals surface area contributed by atoms with Gasteiger partial charge in [-0.3, -0.25) is 4.79 Å². The van der Waals surface area contributed by atoms with Crippen LogP contribution in [0.25, 0.3) is 5.69 Å². The minimum absolute atomic E-state index is 0.192. The van der Waals surface area contributed by atoms with Crippen LogP contribution in [0.5, 0.6) is 0 Å². The van der Waals surface area contributed by atoms with Crippen LogP contribution in [0.15, 0.2) is 42.7 Å². The average molecular weight is 244 g/mol. The van der Waals surface area contributed by atoms with Crippen LogP contribution in [-0.2, 0) is 4.79 Å². The molecule has 1 unspecified atom stereocenters. The molecule has 0 aliphatic heterocycles. The lowest BCUT2D eigenvalue weighted by Crippen LogP contribution is -1.99. The average Bonchev–Trinajstić information content (AvgIpc) is 2.86. The molecule has 2 aromatic rings. The highest BCUT2D eigenvalue weighted by Crippen LogP contribution is 2.21. The minimum Gasteiger partial charge on any atom is -0.481 e. The Morgan fingerprint density at radius 2 is 2.11 bits per heavy atom. The molecular weight excluding hydrogens is 228 g/mol. The summed E-state index contributed by atoms with van der Waals surface area (Å²) in [5, 5.41) is 13.0. The van der Waals surface area contributed by atoms with Crippen molar-refractivity contribution >= 4 is 5.97 Å². The number of hydrogen-bond acceptors (Lipinski definition) is 2. The SMILES string of the molecule is CC(CCC(=O)O)c1cnn(-c2ccccc2)c1. The standard InChI is InChI=1S/C14H16N2O2/c1-11(7-8-14(17)18)12-9-15-16(10-12)13-5-3-2-4-6-13/h2-6,9-11H,7-8H2,1H3,(H,17,18). The molecule has 4 nitrogen and oxygen atoms in total. The number of para-hydroxylation sites is 1. The molecule has 4 heteroatoms. The number of carboxylic acid groups (broad SMARTS) is 1. The summed E-state index contributed by atoms with van der Waals surface area (Å²) in [5.41, 5.74) is 2.08. The Labute approximate surface area is 106 Å². The fourth-order valence-electron chi connectivity index (χ4n) is 1.82. The lowest BCUT2D eigenvalue weighted by atomic mass is 9.99. The van der Waals surface area contributed by atoms with E-state index in [-0.39, 0.29) is 12.3 Å². The van der Waals surface area contributed by atoms with Crippen molar-refractivity contribution < 1.29 is 9.90 Å². The fraction of sp³-hybridized carbons (Fsp3) is 0.286. The lowest BCUT2D eigenvalue weighted by Gasteiger charge is -2.06. The summed E-state index contributed by atoms with van der Waals surface area (Å²) < 4.78 is 1.81. The van der Waals surface area contributed by atoms with Crippen molar-refractivity contribution in [1.29, 1.82) is 0 Å². The van der Waals surface area contributed by atoms with Crippen LogP contribution in [0.3, 0.4) is 0 Å². The molecule has 1 aromatic carbocycles. The molecule has 94 valence electrons. The molecular formula is C14H16N2O2. The highest BCUT2D eigenvalue weighted by molar-refractivity contribution is 5.66. The maximum absolute atomic E-state index is 10.5. The predicted molar refractivity (Wildman–Crippen MR) is 68.8 cm³/mol. The van der Waals surface area contributed by atoms with E-state index in [0.29, 0.717) is 6.42 Å². The van der Waals surface area contributed by atoms with Gasteiger partial charge in [0.2, 0.25) is 0 Å². The Morgan fingerprint density at radius 1 is 1.39 bits per heavy atom. The normalized spacial score (nSPS) is 12.3. The van der Waals surface area contributed by atoms with Crippen molar-refractivity contribution in [3.63, 3.8) is 0 Å². The first-order chi connectivity index (χ1) is 8.66. The maximum Gasteiger partial charge on any atom is 0.303 e. The van der Waals surface area contributed by atoms with Gasteiger partial charge in [-0.15, -0.1) is 0 Å². The summed E-state index contributed by atoms with van der Waals surface area (Å²) >= 11 is 0. The second kappa shape index (κ2) is 5.49. The molecule has 18 heavy (non-hydrogen) atoms. The van der Waals surface area contributed by atoms with Gasteiger partial charge in [0.1, 0.15) is 0 Å². The highest BCUT2D eigenvalue weighted by atomic mass is 16.4. The summed E-state index contributed by atoms with van der Waals surface area (Å²) in [6, 6.07) is 9.86. The second-order valence-electron chi connectivity index (χ2n) is 4.39. The summed E-state index contributed by atoms with van der Waals surface area (Å²) in [4.78, 5) is 10.5. The molecule has 0 spiro atoms. The fourth-order valence-corrected chi connectivity index (χ4v) is 1.82. The van der Waals surface area contributed by atoms with E-state index in [2.05, 4.69) is 5.10 Å². The molecule has 0 aliphatic rings. The van der Waals surface area contributed by atoms with Crippen LogP contribution in [0.2, 0.25) is 0 Å². The van der Waals surface area contributed by atoms with Crippen molar-refractivity contribution in [2.75, 3.05) is 0 Å². The third-order valence-electron chi connectivity index (χ3n) is 2.98. The van der Waals surface area contributed by atoms with Gasteiger partial charge in [-0.25, -0.2) is 4.68 Å². The third kappa shape index (κ3) is 2.97. The zero-order chi connectivity index (χ0) is 13.0. The zero-order valence-electron chi connectivity index (χ0n) is 10.3. The molecule has 0 saturated carbocycles. The number of nitrogens with zero attached hydrogens (tertiary/aromatic N) is 2. The van der Waals surface area contributed by atoms with Gasteiger partial charge in [-0.1, -0.05) is 25.1 Å².